The van der Waals surface area contributed by atoms with E-state index in [1.165, 1.54) is 10.4 Å². The van der Waals surface area contributed by atoms with E-state index in [9.17, 15) is 0 Å². The summed E-state index contributed by atoms with van der Waals surface area (Å²) >= 11 is 1.69. The molecule has 1 aromatic carbocycles. The summed E-state index contributed by atoms with van der Waals surface area (Å²) in [6.45, 7) is 4.73. The topological polar surface area (TPSA) is 68.5 Å². The summed E-state index contributed by atoms with van der Waals surface area (Å²) in [5.41, 5.74) is 3.12. The van der Waals surface area contributed by atoms with Crippen molar-refractivity contribution < 1.29 is 0 Å². The molecule has 1 N–H and O–H groups in total. The van der Waals surface area contributed by atoms with E-state index in [1.54, 1.807) is 17.7 Å². The number of anilines is 1. The third-order valence-electron chi connectivity index (χ3n) is 3.78. The first-order valence-corrected chi connectivity index (χ1v) is 7.78. The van der Waals surface area contributed by atoms with E-state index < -0.39 is 0 Å². The van der Waals surface area contributed by atoms with Crippen molar-refractivity contribution in [1.29, 1.82) is 0 Å². The molecule has 0 atom stereocenters. The van der Waals surface area contributed by atoms with Crippen LogP contribution in [-0.2, 0) is 6.67 Å². The lowest BCUT2D eigenvalue weighted by Crippen LogP contribution is -2.11. The Labute approximate surface area is 130 Å². The van der Waals surface area contributed by atoms with Crippen LogP contribution in [0.15, 0.2) is 30.6 Å². The first-order chi connectivity index (χ1) is 10.7. The number of hydrogen-bond acceptors (Lipinski definition) is 6. The Morgan fingerprint density at radius 1 is 1.18 bits per heavy atom. The zero-order valence-corrected chi connectivity index (χ0v) is 13.1. The number of fused-ring (bicyclic) bond motifs is 2. The summed E-state index contributed by atoms with van der Waals surface area (Å²) < 4.78 is 1.83. The van der Waals surface area contributed by atoms with Gasteiger partial charge in [-0.05, 0) is 31.5 Å². The standard InChI is InChI=1S/C15H14N6S/c1-9-10(2)22-15-13(9)14(16-7-17-15)18-8-21-12-6-4-3-5-11(12)19-20-21/h3-7H,8H2,1-2H3,(H,16,17,18). The molecule has 22 heavy (non-hydrogen) atoms. The minimum Gasteiger partial charge on any atom is -0.350 e. The van der Waals surface area contributed by atoms with E-state index in [4.69, 9.17) is 0 Å². The van der Waals surface area contributed by atoms with E-state index in [0.29, 0.717) is 6.67 Å². The lowest BCUT2D eigenvalue weighted by atomic mass is 10.2. The van der Waals surface area contributed by atoms with Gasteiger partial charge < -0.3 is 5.32 Å². The average Bonchev–Trinajstić information content (AvgIpc) is 3.07. The Kier molecular flexibility index (Phi) is 3.00. The molecule has 3 heterocycles. The van der Waals surface area contributed by atoms with Crippen molar-refractivity contribution >= 4 is 38.4 Å². The lowest BCUT2D eigenvalue weighted by Gasteiger charge is -2.07. The fourth-order valence-electron chi connectivity index (χ4n) is 2.50. The number of aromatic nitrogens is 5. The molecule has 0 saturated carbocycles. The summed E-state index contributed by atoms with van der Waals surface area (Å²) in [5.74, 6) is 0.839. The molecule has 3 aromatic heterocycles. The Morgan fingerprint density at radius 3 is 2.95 bits per heavy atom. The number of thiophene rings is 1. The van der Waals surface area contributed by atoms with Crippen LogP contribution in [0.5, 0.6) is 0 Å². The van der Waals surface area contributed by atoms with Crippen molar-refractivity contribution in [2.24, 2.45) is 0 Å². The maximum atomic E-state index is 4.38. The molecule has 0 aliphatic heterocycles. The number of benzene rings is 1. The predicted molar refractivity (Wildman–Crippen MR) is 88.0 cm³/mol. The second-order valence-electron chi connectivity index (χ2n) is 5.10. The SMILES string of the molecule is Cc1sc2ncnc(NCn3nnc4ccccc43)c2c1C. The normalized spacial score (nSPS) is 11.4. The highest BCUT2D eigenvalue weighted by Gasteiger charge is 2.12. The molecular formula is C15H14N6S. The molecule has 0 amide bonds. The van der Waals surface area contributed by atoms with E-state index in [2.05, 4.69) is 39.4 Å². The van der Waals surface area contributed by atoms with Gasteiger partial charge in [0.1, 0.15) is 29.2 Å². The number of rotatable bonds is 3. The highest BCUT2D eigenvalue weighted by molar-refractivity contribution is 7.18. The van der Waals surface area contributed by atoms with E-state index >= 15 is 0 Å². The minimum atomic E-state index is 0.515. The van der Waals surface area contributed by atoms with Gasteiger partial charge in [0.2, 0.25) is 0 Å². The second kappa shape index (κ2) is 5.03. The van der Waals surface area contributed by atoms with Gasteiger partial charge in [-0.1, -0.05) is 17.3 Å². The van der Waals surface area contributed by atoms with Crippen LogP contribution < -0.4 is 5.32 Å². The van der Waals surface area contributed by atoms with Crippen molar-refractivity contribution in [2.45, 2.75) is 20.5 Å². The molecule has 0 saturated heterocycles. The quantitative estimate of drug-likeness (QED) is 0.629. The van der Waals surface area contributed by atoms with E-state index in [0.717, 1.165) is 27.1 Å². The number of nitrogens with one attached hydrogen (secondary N) is 1. The van der Waals surface area contributed by atoms with Gasteiger partial charge in [0, 0.05) is 4.88 Å². The van der Waals surface area contributed by atoms with Crippen LogP contribution in [0.4, 0.5) is 5.82 Å². The Balaban J connectivity index is 1.70. The third-order valence-corrected chi connectivity index (χ3v) is 4.90. The average molecular weight is 310 g/mol. The monoisotopic (exact) mass is 310 g/mol. The highest BCUT2D eigenvalue weighted by Crippen LogP contribution is 2.32. The second-order valence-corrected chi connectivity index (χ2v) is 6.30. The zero-order chi connectivity index (χ0) is 15.1. The first-order valence-electron chi connectivity index (χ1n) is 6.97. The third kappa shape index (κ3) is 2.01. The minimum absolute atomic E-state index is 0.515. The molecule has 110 valence electrons. The summed E-state index contributed by atoms with van der Waals surface area (Å²) in [4.78, 5) is 11.0. The van der Waals surface area contributed by atoms with E-state index in [-0.39, 0.29) is 0 Å². The van der Waals surface area contributed by atoms with Crippen molar-refractivity contribution in [3.05, 3.63) is 41.0 Å². The Bertz CT molecular complexity index is 971. The molecule has 0 spiro atoms. The lowest BCUT2D eigenvalue weighted by molar-refractivity contribution is 0.654. The summed E-state index contributed by atoms with van der Waals surface area (Å²) in [6.07, 6.45) is 1.60. The molecule has 4 aromatic rings. The Morgan fingerprint density at radius 2 is 2.05 bits per heavy atom. The van der Waals surface area contributed by atoms with Crippen LogP contribution in [0.1, 0.15) is 10.4 Å². The first kappa shape index (κ1) is 13.1. The predicted octanol–water partition coefficient (Wildman–Crippen LogP) is 3.12. The maximum absolute atomic E-state index is 4.38. The Hall–Kier alpha value is -2.54. The fourth-order valence-corrected chi connectivity index (χ4v) is 3.50. The van der Waals surface area contributed by atoms with Crippen molar-refractivity contribution in [2.75, 3.05) is 5.32 Å². The smallest absolute Gasteiger partial charge is 0.139 e. The van der Waals surface area contributed by atoms with Gasteiger partial charge in [0.15, 0.2) is 0 Å². The van der Waals surface area contributed by atoms with Crippen LogP contribution in [0.2, 0.25) is 0 Å². The molecule has 6 nitrogen and oxygen atoms in total. The van der Waals surface area contributed by atoms with Crippen LogP contribution in [0.25, 0.3) is 21.3 Å². The van der Waals surface area contributed by atoms with Crippen molar-refractivity contribution in [1.82, 2.24) is 25.0 Å². The summed E-state index contributed by atoms with van der Waals surface area (Å²) in [7, 11) is 0. The number of nitrogens with zero attached hydrogens (tertiary/aromatic N) is 5. The van der Waals surface area contributed by atoms with Crippen molar-refractivity contribution in [3.8, 4) is 0 Å². The molecule has 0 fully saturated rings. The maximum Gasteiger partial charge on any atom is 0.139 e. The van der Waals surface area contributed by atoms with Crippen molar-refractivity contribution in [3.63, 3.8) is 0 Å². The van der Waals surface area contributed by atoms with Crippen LogP contribution in [-0.4, -0.2) is 25.0 Å². The zero-order valence-electron chi connectivity index (χ0n) is 12.2. The molecule has 0 unspecified atom stereocenters. The molecular weight excluding hydrogens is 296 g/mol. The van der Waals surface area contributed by atoms with Crippen LogP contribution in [0.3, 0.4) is 0 Å². The van der Waals surface area contributed by atoms with Gasteiger partial charge in [-0.15, -0.1) is 16.4 Å². The van der Waals surface area contributed by atoms with Gasteiger partial charge in [0.05, 0.1) is 10.9 Å². The number of para-hydroxylation sites is 1. The van der Waals surface area contributed by atoms with Gasteiger partial charge in [-0.3, -0.25) is 0 Å². The molecule has 0 bridgehead atoms. The van der Waals surface area contributed by atoms with Crippen LogP contribution in [0, 0.1) is 13.8 Å². The van der Waals surface area contributed by atoms with Gasteiger partial charge in [-0.25, -0.2) is 14.6 Å². The molecule has 0 aliphatic carbocycles. The van der Waals surface area contributed by atoms with Gasteiger partial charge >= 0.3 is 0 Å². The number of aryl methyl sites for hydroxylation is 2. The molecule has 0 aliphatic rings. The largest absolute Gasteiger partial charge is 0.350 e. The molecule has 4 rings (SSSR count). The number of hydrogen-bond donors (Lipinski definition) is 1. The highest BCUT2D eigenvalue weighted by atomic mass is 32.1. The summed E-state index contributed by atoms with van der Waals surface area (Å²) in [5, 5.41) is 12.8. The summed E-state index contributed by atoms with van der Waals surface area (Å²) in [6, 6.07) is 7.90. The molecule has 7 heteroatoms. The molecule has 0 radical (unpaired) electrons. The fraction of sp³-hybridized carbons (Fsp3) is 0.200. The van der Waals surface area contributed by atoms with E-state index in [1.807, 2.05) is 28.9 Å². The van der Waals surface area contributed by atoms with Crippen LogP contribution >= 0.6 is 11.3 Å². The van der Waals surface area contributed by atoms with Gasteiger partial charge in [-0.2, -0.15) is 0 Å². The van der Waals surface area contributed by atoms with Gasteiger partial charge in [0.25, 0.3) is 0 Å².